The summed E-state index contributed by atoms with van der Waals surface area (Å²) < 4.78 is 16.9. The molecule has 5 heteroatoms. The van der Waals surface area contributed by atoms with E-state index in [0.717, 1.165) is 57.2 Å². The van der Waals surface area contributed by atoms with Crippen LogP contribution in [-0.2, 0) is 16.7 Å². The Balaban J connectivity index is 1.57. The molecular formula is C22H34N2O3. The van der Waals surface area contributed by atoms with Crippen molar-refractivity contribution in [1.82, 2.24) is 9.80 Å². The number of rotatable bonds is 5. The summed E-state index contributed by atoms with van der Waals surface area (Å²) >= 11 is 0. The fraction of sp³-hybridized carbons (Fsp3) is 0.727. The Labute approximate surface area is 163 Å². The number of benzene rings is 1. The van der Waals surface area contributed by atoms with Gasteiger partial charge in [0.05, 0.1) is 14.2 Å². The maximum Gasteiger partial charge on any atom is 0.161 e. The molecule has 3 heterocycles. The van der Waals surface area contributed by atoms with Gasteiger partial charge in [-0.25, -0.2) is 0 Å². The highest BCUT2D eigenvalue weighted by atomic mass is 16.5. The van der Waals surface area contributed by atoms with E-state index in [1.807, 2.05) is 0 Å². The second-order valence-corrected chi connectivity index (χ2v) is 8.37. The highest BCUT2D eigenvalue weighted by molar-refractivity contribution is 5.51. The predicted octanol–water partition coefficient (Wildman–Crippen LogP) is 3.05. The van der Waals surface area contributed by atoms with Gasteiger partial charge < -0.3 is 19.1 Å². The van der Waals surface area contributed by atoms with Crippen LogP contribution in [-0.4, -0.2) is 70.0 Å². The lowest BCUT2D eigenvalue weighted by molar-refractivity contribution is 0.0234. The van der Waals surface area contributed by atoms with Gasteiger partial charge in [-0.3, -0.25) is 4.90 Å². The molecule has 150 valence electrons. The highest BCUT2D eigenvalue weighted by Crippen LogP contribution is 2.45. The first-order valence-corrected chi connectivity index (χ1v) is 10.5. The molecule has 0 saturated carbocycles. The maximum absolute atomic E-state index is 5.72. The van der Waals surface area contributed by atoms with Crippen molar-refractivity contribution in [3.8, 4) is 11.5 Å². The van der Waals surface area contributed by atoms with Gasteiger partial charge in [0, 0.05) is 44.8 Å². The van der Waals surface area contributed by atoms with E-state index in [-0.39, 0.29) is 5.41 Å². The summed E-state index contributed by atoms with van der Waals surface area (Å²) in [6, 6.07) is 4.44. The van der Waals surface area contributed by atoms with Gasteiger partial charge >= 0.3 is 0 Å². The summed E-state index contributed by atoms with van der Waals surface area (Å²) in [4.78, 5) is 5.30. The van der Waals surface area contributed by atoms with Crippen molar-refractivity contribution in [2.24, 2.45) is 0 Å². The van der Waals surface area contributed by atoms with E-state index < -0.39 is 0 Å². The number of hydrogen-bond acceptors (Lipinski definition) is 5. The predicted molar refractivity (Wildman–Crippen MR) is 107 cm³/mol. The van der Waals surface area contributed by atoms with E-state index >= 15 is 0 Å². The Morgan fingerprint density at radius 1 is 0.926 bits per heavy atom. The molecule has 27 heavy (non-hydrogen) atoms. The van der Waals surface area contributed by atoms with Crippen LogP contribution >= 0.6 is 0 Å². The smallest absolute Gasteiger partial charge is 0.161 e. The summed E-state index contributed by atoms with van der Waals surface area (Å²) in [5, 5.41) is 0. The fourth-order valence-electron chi connectivity index (χ4n) is 5.17. The molecule has 3 aliphatic rings. The molecule has 1 aromatic carbocycles. The Hall–Kier alpha value is -1.30. The molecule has 0 bridgehead atoms. The van der Waals surface area contributed by atoms with Crippen molar-refractivity contribution in [3.63, 3.8) is 0 Å². The first-order valence-electron chi connectivity index (χ1n) is 10.5. The van der Waals surface area contributed by atoms with Gasteiger partial charge in [0.1, 0.15) is 0 Å². The first kappa shape index (κ1) is 19.0. The monoisotopic (exact) mass is 374 g/mol. The Kier molecular flexibility index (Phi) is 5.90. The van der Waals surface area contributed by atoms with E-state index in [4.69, 9.17) is 14.2 Å². The van der Waals surface area contributed by atoms with Crippen LogP contribution in [0.25, 0.3) is 0 Å². The van der Waals surface area contributed by atoms with Gasteiger partial charge in [-0.05, 0) is 62.0 Å². The van der Waals surface area contributed by atoms with E-state index in [0.29, 0.717) is 0 Å². The number of nitrogens with zero attached hydrogens (tertiary/aromatic N) is 2. The molecule has 0 amide bonds. The van der Waals surface area contributed by atoms with E-state index in [1.54, 1.807) is 14.2 Å². The Morgan fingerprint density at radius 3 is 2.30 bits per heavy atom. The van der Waals surface area contributed by atoms with Crippen molar-refractivity contribution in [1.29, 1.82) is 0 Å². The minimum atomic E-state index is 0.188. The maximum atomic E-state index is 5.72. The van der Waals surface area contributed by atoms with Gasteiger partial charge in [0.15, 0.2) is 11.5 Å². The highest BCUT2D eigenvalue weighted by Gasteiger charge is 2.41. The number of piperidine rings is 1. The van der Waals surface area contributed by atoms with Crippen LogP contribution in [0.3, 0.4) is 0 Å². The quantitative estimate of drug-likeness (QED) is 0.791. The first-order chi connectivity index (χ1) is 13.2. The van der Waals surface area contributed by atoms with Crippen molar-refractivity contribution < 1.29 is 14.2 Å². The Bertz CT molecular complexity index is 637. The number of ether oxygens (including phenoxy) is 3. The van der Waals surface area contributed by atoms with Gasteiger partial charge in [-0.1, -0.05) is 6.42 Å². The third-order valence-electron chi connectivity index (χ3n) is 6.73. The fourth-order valence-corrected chi connectivity index (χ4v) is 5.17. The zero-order valence-corrected chi connectivity index (χ0v) is 17.0. The summed E-state index contributed by atoms with van der Waals surface area (Å²) in [6.07, 6.45) is 6.31. The zero-order chi connectivity index (χ0) is 18.7. The molecule has 4 rings (SSSR count). The van der Waals surface area contributed by atoms with Crippen molar-refractivity contribution in [3.05, 3.63) is 23.3 Å². The third-order valence-corrected chi connectivity index (χ3v) is 6.73. The zero-order valence-electron chi connectivity index (χ0n) is 17.0. The molecule has 5 nitrogen and oxygen atoms in total. The largest absolute Gasteiger partial charge is 0.493 e. The lowest BCUT2D eigenvalue weighted by Crippen LogP contribution is -2.50. The molecule has 2 saturated heterocycles. The lowest BCUT2D eigenvalue weighted by Gasteiger charge is -2.47. The molecule has 2 fully saturated rings. The topological polar surface area (TPSA) is 34.2 Å². The van der Waals surface area contributed by atoms with Crippen LogP contribution in [0.15, 0.2) is 12.1 Å². The van der Waals surface area contributed by atoms with E-state index in [2.05, 4.69) is 21.9 Å². The third kappa shape index (κ3) is 3.96. The minimum Gasteiger partial charge on any atom is -0.493 e. The summed E-state index contributed by atoms with van der Waals surface area (Å²) in [5.74, 6) is 1.69. The van der Waals surface area contributed by atoms with Crippen molar-refractivity contribution in [2.45, 2.75) is 44.1 Å². The summed E-state index contributed by atoms with van der Waals surface area (Å²) in [7, 11) is 3.46. The Morgan fingerprint density at radius 2 is 1.59 bits per heavy atom. The number of hydrogen-bond donors (Lipinski definition) is 0. The van der Waals surface area contributed by atoms with Gasteiger partial charge in [0.2, 0.25) is 0 Å². The van der Waals surface area contributed by atoms with E-state index in [1.165, 1.54) is 50.0 Å². The molecule has 0 atom stereocenters. The van der Waals surface area contributed by atoms with Crippen LogP contribution in [0.2, 0.25) is 0 Å². The molecule has 3 aliphatic heterocycles. The average molecular weight is 375 g/mol. The normalized spacial score (nSPS) is 23.2. The van der Waals surface area contributed by atoms with Crippen molar-refractivity contribution in [2.75, 3.05) is 60.2 Å². The molecule has 0 radical (unpaired) electrons. The van der Waals surface area contributed by atoms with Crippen LogP contribution < -0.4 is 9.47 Å². The molecule has 1 aromatic rings. The van der Waals surface area contributed by atoms with Crippen LogP contribution in [0.5, 0.6) is 11.5 Å². The molecule has 0 aromatic heterocycles. The molecule has 0 aliphatic carbocycles. The summed E-state index contributed by atoms with van der Waals surface area (Å²) in [5.41, 5.74) is 3.05. The SMILES string of the molecule is COc1cc2c(cc1OC)C1(CCOCC1)CN(CCN1CCCCC1)C2. The summed E-state index contributed by atoms with van der Waals surface area (Å²) in [6.45, 7) is 8.73. The van der Waals surface area contributed by atoms with Gasteiger partial charge in [-0.2, -0.15) is 0 Å². The second-order valence-electron chi connectivity index (χ2n) is 8.37. The minimum absolute atomic E-state index is 0.188. The standard InChI is InChI=1S/C22H34N2O3/c1-25-20-14-18-16-24(11-10-23-8-4-3-5-9-23)17-22(6-12-27-13-7-22)19(18)15-21(20)26-2/h14-15H,3-13,16-17H2,1-2H3. The van der Waals surface area contributed by atoms with Crippen molar-refractivity contribution >= 4 is 0 Å². The molecule has 0 N–H and O–H groups in total. The number of fused-ring (bicyclic) bond motifs is 2. The van der Waals surface area contributed by atoms with Gasteiger partial charge in [0.25, 0.3) is 0 Å². The molecule has 0 unspecified atom stereocenters. The number of methoxy groups -OCH3 is 2. The molecular weight excluding hydrogens is 340 g/mol. The van der Waals surface area contributed by atoms with Gasteiger partial charge in [-0.15, -0.1) is 0 Å². The van der Waals surface area contributed by atoms with E-state index in [9.17, 15) is 0 Å². The second kappa shape index (κ2) is 8.38. The lowest BCUT2D eigenvalue weighted by atomic mass is 9.70. The van der Waals surface area contributed by atoms with Crippen LogP contribution in [0.4, 0.5) is 0 Å². The van der Waals surface area contributed by atoms with Crippen LogP contribution in [0.1, 0.15) is 43.2 Å². The average Bonchev–Trinajstić information content (AvgIpc) is 2.73. The molecule has 1 spiro atoms. The van der Waals surface area contributed by atoms with Crippen LogP contribution in [0, 0.1) is 0 Å². The number of likely N-dealkylation sites (tertiary alicyclic amines) is 1.